The van der Waals surface area contributed by atoms with E-state index >= 15 is 0 Å². The molecule has 0 spiro atoms. The summed E-state index contributed by atoms with van der Waals surface area (Å²) in [4.78, 5) is 0. The van der Waals surface area contributed by atoms with Crippen LogP contribution in [0.3, 0.4) is 0 Å². The van der Waals surface area contributed by atoms with E-state index in [-0.39, 0.29) is 20.1 Å². The fraction of sp³-hybridized carbons (Fsp3) is 0. The van der Waals surface area contributed by atoms with Gasteiger partial charge in [-0.2, -0.15) is 5.10 Å². The molecule has 0 N–H and O–H groups in total. The van der Waals surface area contributed by atoms with Gasteiger partial charge < -0.3 is 4.42 Å². The molecule has 4 heteroatoms. The fourth-order valence-corrected chi connectivity index (χ4v) is 2.23. The molecule has 1 aromatic carbocycles. The molecule has 17 heavy (non-hydrogen) atoms. The van der Waals surface area contributed by atoms with Crippen molar-refractivity contribution in [1.82, 2.24) is 9.61 Å². The van der Waals surface area contributed by atoms with Crippen LogP contribution in [0.4, 0.5) is 0 Å². The molecule has 0 aliphatic rings. The summed E-state index contributed by atoms with van der Waals surface area (Å²) in [6.07, 6.45) is 6.38. The summed E-state index contributed by atoms with van der Waals surface area (Å²) < 4.78 is 7.03. The van der Waals surface area contributed by atoms with E-state index in [1.807, 2.05) is 22.7 Å². The molecule has 0 aliphatic heterocycles. The zero-order valence-electron chi connectivity index (χ0n) is 8.68. The van der Waals surface area contributed by atoms with E-state index in [2.05, 4.69) is 23.5 Å². The quantitative estimate of drug-likeness (QED) is 0.426. The number of aromatic nitrogens is 2. The zero-order chi connectivity index (χ0) is 10.5. The normalized spacial score (nSPS) is 11.1. The molecule has 0 aliphatic carbocycles. The van der Waals surface area contributed by atoms with Gasteiger partial charge in [-0.15, -0.1) is 5.39 Å². The summed E-state index contributed by atoms with van der Waals surface area (Å²) in [6, 6.07) is 10.3. The Hall–Kier alpha value is -1.64. The SMILES string of the molecule is [Ir].[c-]1occ2c3ccccc3c3ccnn3c12. The Labute approximate surface area is 110 Å². The van der Waals surface area contributed by atoms with E-state index < -0.39 is 0 Å². The van der Waals surface area contributed by atoms with Crippen LogP contribution in [-0.4, -0.2) is 9.61 Å². The molecule has 3 aromatic heterocycles. The van der Waals surface area contributed by atoms with Crippen LogP contribution in [0.2, 0.25) is 0 Å². The van der Waals surface area contributed by atoms with E-state index in [1.165, 1.54) is 10.8 Å². The van der Waals surface area contributed by atoms with Gasteiger partial charge in [-0.05, 0) is 17.0 Å². The van der Waals surface area contributed by atoms with Gasteiger partial charge in [-0.25, -0.2) is 0 Å². The number of pyridine rings is 1. The van der Waals surface area contributed by atoms with E-state index in [0.717, 1.165) is 16.4 Å². The van der Waals surface area contributed by atoms with Crippen LogP contribution < -0.4 is 0 Å². The van der Waals surface area contributed by atoms with Gasteiger partial charge in [0.15, 0.2) is 0 Å². The molecule has 3 heterocycles. The van der Waals surface area contributed by atoms with Crippen LogP contribution in [0.1, 0.15) is 0 Å². The van der Waals surface area contributed by atoms with Crippen LogP contribution in [-0.2, 0) is 20.1 Å². The van der Waals surface area contributed by atoms with Gasteiger partial charge in [-0.1, -0.05) is 35.9 Å². The first-order chi connectivity index (χ1) is 7.95. The zero-order valence-corrected chi connectivity index (χ0v) is 11.1. The summed E-state index contributed by atoms with van der Waals surface area (Å²) in [6.45, 7) is 0. The molecule has 0 atom stereocenters. The predicted molar refractivity (Wildman–Crippen MR) is 61.3 cm³/mol. The van der Waals surface area contributed by atoms with Crippen LogP contribution in [0.25, 0.3) is 27.2 Å². The van der Waals surface area contributed by atoms with E-state index in [1.54, 1.807) is 12.5 Å². The van der Waals surface area contributed by atoms with Crippen molar-refractivity contribution in [3.05, 3.63) is 49.1 Å². The molecular weight excluding hydrogens is 392 g/mol. The summed E-state index contributed by atoms with van der Waals surface area (Å²) in [5.41, 5.74) is 1.97. The number of benzene rings is 1. The van der Waals surface area contributed by atoms with Crippen molar-refractivity contribution < 1.29 is 24.5 Å². The Morgan fingerprint density at radius 2 is 1.88 bits per heavy atom. The minimum Gasteiger partial charge on any atom is -0.596 e. The van der Waals surface area contributed by atoms with Crippen molar-refractivity contribution in [2.75, 3.05) is 0 Å². The average molecular weight is 399 g/mol. The number of hydrogen-bond acceptors (Lipinski definition) is 2. The first-order valence-electron chi connectivity index (χ1n) is 5.08. The fourth-order valence-electron chi connectivity index (χ4n) is 2.23. The molecule has 0 fully saturated rings. The molecule has 4 aromatic rings. The number of hydrogen-bond donors (Lipinski definition) is 0. The number of nitrogens with zero attached hydrogens (tertiary/aromatic N) is 2. The first-order valence-corrected chi connectivity index (χ1v) is 5.08. The second kappa shape index (κ2) is 3.69. The summed E-state index contributed by atoms with van der Waals surface area (Å²) in [5.74, 6) is 0. The molecule has 0 saturated heterocycles. The van der Waals surface area contributed by atoms with Crippen molar-refractivity contribution in [1.29, 1.82) is 0 Å². The minimum absolute atomic E-state index is 0. The first kappa shape index (κ1) is 10.5. The Bertz CT molecular complexity index is 747. The third-order valence-corrected chi connectivity index (χ3v) is 2.94. The van der Waals surface area contributed by atoms with Gasteiger partial charge in [0.2, 0.25) is 0 Å². The number of rotatable bonds is 0. The van der Waals surface area contributed by atoms with Gasteiger partial charge in [0.1, 0.15) is 0 Å². The van der Waals surface area contributed by atoms with E-state index in [4.69, 9.17) is 4.42 Å². The van der Waals surface area contributed by atoms with Crippen molar-refractivity contribution >= 4 is 27.2 Å². The average Bonchev–Trinajstić information content (AvgIpc) is 2.98. The van der Waals surface area contributed by atoms with E-state index in [9.17, 15) is 0 Å². The van der Waals surface area contributed by atoms with Crippen LogP contribution in [0, 0.1) is 6.26 Å². The van der Waals surface area contributed by atoms with Crippen LogP contribution >= 0.6 is 0 Å². The Balaban J connectivity index is 0.000000902. The molecule has 1 radical (unpaired) electrons. The number of furan rings is 1. The Morgan fingerprint density at radius 3 is 2.76 bits per heavy atom. The number of fused-ring (bicyclic) bond motifs is 6. The van der Waals surface area contributed by atoms with Gasteiger partial charge in [0.25, 0.3) is 0 Å². The standard InChI is InChI=1S/C13H7N2O.Ir/c1-2-4-10-9(3-1)11-7-16-8-13(11)15-12(10)5-6-14-15;/h1-7H;/q-1;. The molecule has 85 valence electrons. The van der Waals surface area contributed by atoms with Gasteiger partial charge >= 0.3 is 0 Å². The second-order valence-electron chi connectivity index (χ2n) is 3.77. The third kappa shape index (κ3) is 1.28. The maximum absolute atomic E-state index is 5.16. The monoisotopic (exact) mass is 400 g/mol. The molecule has 0 saturated carbocycles. The van der Waals surface area contributed by atoms with E-state index in [0.29, 0.717) is 0 Å². The minimum atomic E-state index is 0. The summed E-state index contributed by atoms with van der Waals surface area (Å²) >= 11 is 0. The Morgan fingerprint density at radius 1 is 1.06 bits per heavy atom. The smallest absolute Gasteiger partial charge is 0.0712 e. The second-order valence-corrected chi connectivity index (χ2v) is 3.77. The largest absolute Gasteiger partial charge is 0.596 e. The maximum Gasteiger partial charge on any atom is 0.0712 e. The van der Waals surface area contributed by atoms with Gasteiger partial charge in [0, 0.05) is 32.6 Å². The maximum atomic E-state index is 5.16. The van der Waals surface area contributed by atoms with Crippen molar-refractivity contribution in [3.8, 4) is 0 Å². The van der Waals surface area contributed by atoms with Crippen LogP contribution in [0.15, 0.2) is 47.2 Å². The molecule has 0 bridgehead atoms. The molecule has 0 amide bonds. The van der Waals surface area contributed by atoms with Crippen molar-refractivity contribution in [2.45, 2.75) is 0 Å². The van der Waals surface area contributed by atoms with Crippen molar-refractivity contribution in [2.24, 2.45) is 0 Å². The summed E-state index contributed by atoms with van der Waals surface area (Å²) in [7, 11) is 0. The topological polar surface area (TPSA) is 30.4 Å². The van der Waals surface area contributed by atoms with Gasteiger partial charge in [-0.3, -0.25) is 4.52 Å². The third-order valence-electron chi connectivity index (χ3n) is 2.94. The summed E-state index contributed by atoms with van der Waals surface area (Å²) in [5, 5.41) is 7.70. The molecule has 3 nitrogen and oxygen atoms in total. The molecule has 4 rings (SSSR count). The van der Waals surface area contributed by atoms with Crippen molar-refractivity contribution in [3.63, 3.8) is 0 Å². The predicted octanol–water partition coefficient (Wildman–Crippen LogP) is 3.03. The Kier molecular flexibility index (Phi) is 2.28. The molecular formula is C13H7IrN2O-. The molecule has 0 unspecified atom stereocenters. The van der Waals surface area contributed by atoms with Crippen LogP contribution in [0.5, 0.6) is 0 Å². The van der Waals surface area contributed by atoms with Gasteiger partial charge in [0.05, 0.1) is 5.52 Å².